The summed E-state index contributed by atoms with van der Waals surface area (Å²) in [6, 6.07) is 6.18. The predicted octanol–water partition coefficient (Wildman–Crippen LogP) is 3.19. The molecule has 2 rings (SSSR count). The molecule has 94 valence electrons. The Morgan fingerprint density at radius 2 is 2.06 bits per heavy atom. The molecule has 0 aliphatic carbocycles. The summed E-state index contributed by atoms with van der Waals surface area (Å²) >= 11 is 0. The van der Waals surface area contributed by atoms with Crippen LogP contribution >= 0.6 is 0 Å². The Morgan fingerprint density at radius 3 is 2.71 bits per heavy atom. The molecule has 1 aliphatic rings. The summed E-state index contributed by atoms with van der Waals surface area (Å²) in [6.07, 6.45) is 0.571. The van der Waals surface area contributed by atoms with E-state index in [1.165, 1.54) is 5.56 Å². The zero-order valence-corrected chi connectivity index (χ0v) is 11.2. The van der Waals surface area contributed by atoms with E-state index >= 15 is 0 Å². The molecule has 0 saturated heterocycles. The van der Waals surface area contributed by atoms with E-state index in [0.717, 1.165) is 24.5 Å². The molecule has 1 amide bonds. The summed E-state index contributed by atoms with van der Waals surface area (Å²) in [5, 5.41) is 3.28. The van der Waals surface area contributed by atoms with E-state index in [0.29, 0.717) is 6.42 Å². The van der Waals surface area contributed by atoms with Crippen LogP contribution in [0.1, 0.15) is 32.8 Å². The van der Waals surface area contributed by atoms with Crippen molar-refractivity contribution in [2.24, 2.45) is 0 Å². The van der Waals surface area contributed by atoms with Crippen LogP contribution < -0.4 is 10.2 Å². The van der Waals surface area contributed by atoms with Crippen molar-refractivity contribution in [3.8, 4) is 0 Å². The average molecular weight is 234 g/mol. The van der Waals surface area contributed by atoms with Gasteiger partial charge in [-0.3, -0.25) is 4.79 Å². The number of hydrogen-bond donors (Lipinski definition) is 1. The highest BCUT2D eigenvalue weighted by Gasteiger charge is 2.20. The number of anilines is 2. The van der Waals surface area contributed by atoms with Crippen molar-refractivity contribution >= 4 is 17.3 Å². The molecule has 0 unspecified atom stereocenters. The van der Waals surface area contributed by atoms with E-state index in [1.807, 2.05) is 38.7 Å². The molecule has 0 fully saturated rings. The number of nitrogens with zero attached hydrogens (tertiary/aromatic N) is 1. The van der Waals surface area contributed by atoms with Gasteiger partial charge in [-0.2, -0.15) is 0 Å². The number of rotatable bonds is 1. The van der Waals surface area contributed by atoms with Crippen molar-refractivity contribution in [3.05, 3.63) is 23.8 Å². The van der Waals surface area contributed by atoms with Crippen molar-refractivity contribution in [1.29, 1.82) is 0 Å². The summed E-state index contributed by atoms with van der Waals surface area (Å²) < 4.78 is 0. The Labute approximate surface area is 104 Å². The Bertz CT molecular complexity index is 388. The minimum absolute atomic E-state index is 0.203. The molecule has 1 N–H and O–H groups in total. The lowest BCUT2D eigenvalue weighted by Gasteiger charge is -2.21. The fourth-order valence-electron chi connectivity index (χ4n) is 1.93. The molecule has 0 bridgehead atoms. The van der Waals surface area contributed by atoms with Gasteiger partial charge in [0.1, 0.15) is 0 Å². The Hall–Kier alpha value is -1.51. The maximum absolute atomic E-state index is 11.8. The molecule has 0 aromatic heterocycles. The first-order chi connectivity index (χ1) is 8.22. The van der Waals surface area contributed by atoms with E-state index in [1.54, 1.807) is 0 Å². The molecule has 0 saturated carbocycles. The van der Waals surface area contributed by atoms with Gasteiger partial charge in [0.25, 0.3) is 0 Å². The molecule has 1 aromatic carbocycles. The SMILES string of the molecule is CC.CCN1C(=O)CCNc2ccc(C)cc21. The summed E-state index contributed by atoms with van der Waals surface area (Å²) in [5.74, 6) is 0.203. The third kappa shape index (κ3) is 2.99. The molecular formula is C14H22N2O. The number of aryl methyl sites for hydroxylation is 1. The molecule has 1 aromatic rings. The maximum Gasteiger partial charge on any atom is 0.228 e. The van der Waals surface area contributed by atoms with Crippen LogP contribution in [0.3, 0.4) is 0 Å². The van der Waals surface area contributed by atoms with Gasteiger partial charge in [-0.25, -0.2) is 0 Å². The minimum atomic E-state index is 0.203. The van der Waals surface area contributed by atoms with Crippen molar-refractivity contribution in [1.82, 2.24) is 0 Å². The van der Waals surface area contributed by atoms with Crippen LogP contribution in [-0.2, 0) is 4.79 Å². The molecule has 1 aliphatic heterocycles. The molecule has 1 heterocycles. The number of amides is 1. The zero-order valence-electron chi connectivity index (χ0n) is 11.2. The second-order valence-corrected chi connectivity index (χ2v) is 3.84. The van der Waals surface area contributed by atoms with E-state index < -0.39 is 0 Å². The topological polar surface area (TPSA) is 32.3 Å². The first-order valence-electron chi connectivity index (χ1n) is 6.37. The quantitative estimate of drug-likeness (QED) is 0.809. The number of carbonyl (C=O) groups excluding carboxylic acids is 1. The van der Waals surface area contributed by atoms with Gasteiger partial charge in [0.05, 0.1) is 11.4 Å². The zero-order chi connectivity index (χ0) is 12.8. The average Bonchev–Trinajstić information content (AvgIpc) is 2.49. The van der Waals surface area contributed by atoms with Crippen LogP contribution in [0.5, 0.6) is 0 Å². The van der Waals surface area contributed by atoms with Crippen LogP contribution in [0.25, 0.3) is 0 Å². The highest BCUT2D eigenvalue weighted by molar-refractivity contribution is 5.98. The number of benzene rings is 1. The highest BCUT2D eigenvalue weighted by atomic mass is 16.2. The summed E-state index contributed by atoms with van der Waals surface area (Å²) in [5.41, 5.74) is 3.26. The van der Waals surface area contributed by atoms with Gasteiger partial charge >= 0.3 is 0 Å². The standard InChI is InChI=1S/C12H16N2O.C2H6/c1-3-14-11-8-9(2)4-5-10(11)13-7-6-12(14)15;1-2/h4-5,8,13H,3,6-7H2,1-2H3;1-2H3. The Morgan fingerprint density at radius 1 is 1.35 bits per heavy atom. The van der Waals surface area contributed by atoms with Gasteiger partial charge < -0.3 is 10.2 Å². The first kappa shape index (κ1) is 13.6. The molecule has 0 radical (unpaired) electrons. The van der Waals surface area contributed by atoms with E-state index in [4.69, 9.17) is 0 Å². The first-order valence-corrected chi connectivity index (χ1v) is 6.37. The van der Waals surface area contributed by atoms with Crippen LogP contribution in [0, 0.1) is 6.92 Å². The molecule has 17 heavy (non-hydrogen) atoms. The second-order valence-electron chi connectivity index (χ2n) is 3.84. The monoisotopic (exact) mass is 234 g/mol. The van der Waals surface area contributed by atoms with Crippen molar-refractivity contribution in [3.63, 3.8) is 0 Å². The molecule has 0 atom stereocenters. The van der Waals surface area contributed by atoms with Crippen molar-refractivity contribution in [2.75, 3.05) is 23.3 Å². The lowest BCUT2D eigenvalue weighted by molar-refractivity contribution is -0.118. The van der Waals surface area contributed by atoms with Gasteiger partial charge in [0.2, 0.25) is 5.91 Å². The number of nitrogens with one attached hydrogen (secondary N) is 1. The summed E-state index contributed by atoms with van der Waals surface area (Å²) in [6.45, 7) is 9.52. The third-order valence-electron chi connectivity index (χ3n) is 2.72. The number of carbonyl (C=O) groups is 1. The van der Waals surface area contributed by atoms with E-state index in [2.05, 4.69) is 17.4 Å². The predicted molar refractivity (Wildman–Crippen MR) is 73.7 cm³/mol. The van der Waals surface area contributed by atoms with E-state index in [9.17, 15) is 4.79 Å². The highest BCUT2D eigenvalue weighted by Crippen LogP contribution is 2.29. The number of fused-ring (bicyclic) bond motifs is 1. The van der Waals surface area contributed by atoms with Crippen LogP contribution in [-0.4, -0.2) is 19.0 Å². The number of hydrogen-bond acceptors (Lipinski definition) is 2. The van der Waals surface area contributed by atoms with Crippen molar-refractivity contribution in [2.45, 2.75) is 34.1 Å². The fraction of sp³-hybridized carbons (Fsp3) is 0.500. The lowest BCUT2D eigenvalue weighted by Crippen LogP contribution is -2.29. The Kier molecular flexibility index (Phi) is 5.01. The molecule has 3 heteroatoms. The van der Waals surface area contributed by atoms with Gasteiger partial charge in [0, 0.05) is 19.5 Å². The van der Waals surface area contributed by atoms with Gasteiger partial charge in [-0.1, -0.05) is 19.9 Å². The second kappa shape index (κ2) is 6.28. The van der Waals surface area contributed by atoms with Crippen molar-refractivity contribution < 1.29 is 4.79 Å². The molecule has 0 spiro atoms. The minimum Gasteiger partial charge on any atom is -0.383 e. The maximum atomic E-state index is 11.8. The largest absolute Gasteiger partial charge is 0.383 e. The Balaban J connectivity index is 0.000000686. The van der Waals surface area contributed by atoms with Crippen LogP contribution in [0.4, 0.5) is 11.4 Å². The van der Waals surface area contributed by atoms with Gasteiger partial charge in [-0.15, -0.1) is 0 Å². The van der Waals surface area contributed by atoms with Gasteiger partial charge in [-0.05, 0) is 31.5 Å². The van der Waals surface area contributed by atoms with Gasteiger partial charge in [0.15, 0.2) is 0 Å². The van der Waals surface area contributed by atoms with Crippen LogP contribution in [0.2, 0.25) is 0 Å². The lowest BCUT2D eigenvalue weighted by atomic mass is 10.1. The summed E-state index contributed by atoms with van der Waals surface area (Å²) in [4.78, 5) is 13.7. The fourth-order valence-corrected chi connectivity index (χ4v) is 1.93. The van der Waals surface area contributed by atoms with Crippen LogP contribution in [0.15, 0.2) is 18.2 Å². The normalized spacial score (nSPS) is 14.1. The summed E-state index contributed by atoms with van der Waals surface area (Å²) in [7, 11) is 0. The van der Waals surface area contributed by atoms with E-state index in [-0.39, 0.29) is 5.91 Å². The smallest absolute Gasteiger partial charge is 0.228 e. The molecule has 3 nitrogen and oxygen atoms in total. The third-order valence-corrected chi connectivity index (χ3v) is 2.72. The molecular weight excluding hydrogens is 212 g/mol.